The number of hydrogen-bond donors (Lipinski definition) is 0. The van der Waals surface area contributed by atoms with Crippen molar-refractivity contribution in [3.8, 4) is 0 Å². The van der Waals surface area contributed by atoms with E-state index in [-0.39, 0.29) is 18.0 Å². The lowest BCUT2D eigenvalue weighted by Gasteiger charge is -2.32. The van der Waals surface area contributed by atoms with Crippen molar-refractivity contribution in [3.05, 3.63) is 77.4 Å². The van der Waals surface area contributed by atoms with E-state index in [1.807, 2.05) is 52.3 Å². The third-order valence-corrected chi connectivity index (χ3v) is 6.75. The highest BCUT2D eigenvalue weighted by Gasteiger charge is 2.41. The van der Waals surface area contributed by atoms with E-state index < -0.39 is 11.9 Å². The predicted octanol–water partition coefficient (Wildman–Crippen LogP) is 4.71. The molecule has 1 saturated carbocycles. The fourth-order valence-corrected chi connectivity index (χ4v) is 4.88. The Bertz CT molecular complexity index is 1250. The molecule has 7 nitrogen and oxygen atoms in total. The van der Waals surface area contributed by atoms with E-state index in [0.717, 1.165) is 36.6 Å². The van der Waals surface area contributed by atoms with Gasteiger partial charge in [0.2, 0.25) is 0 Å². The molecule has 0 spiro atoms. The zero-order valence-corrected chi connectivity index (χ0v) is 20.9. The Morgan fingerprint density at radius 1 is 1.18 bits per heavy atom. The second kappa shape index (κ2) is 8.94. The normalized spacial score (nSPS) is 17.9. The molecule has 2 unspecified atom stereocenters. The fourth-order valence-electron chi connectivity index (χ4n) is 4.51. The Balaban J connectivity index is 1.66. The number of anilines is 3. The summed E-state index contributed by atoms with van der Waals surface area (Å²) in [5, 5.41) is 0. The van der Waals surface area contributed by atoms with Crippen molar-refractivity contribution in [2.75, 3.05) is 20.0 Å². The van der Waals surface area contributed by atoms with Crippen LogP contribution in [0, 0.1) is 5.82 Å². The number of carbonyl (C=O) groups excluding carboxylic acids is 2. The lowest BCUT2D eigenvalue weighted by atomic mass is 10.0. The van der Waals surface area contributed by atoms with Crippen molar-refractivity contribution in [2.45, 2.75) is 37.9 Å². The van der Waals surface area contributed by atoms with E-state index in [1.54, 1.807) is 17.0 Å². The summed E-state index contributed by atoms with van der Waals surface area (Å²) in [5.74, 6) is 0.483. The number of aromatic nitrogens is 2. The number of fused-ring (bicyclic) bond motifs is 1. The molecular formula is C25H23FIN5O2. The number of aldehydes is 1. The van der Waals surface area contributed by atoms with Crippen LogP contribution in [0.15, 0.2) is 54.7 Å². The molecule has 2 aromatic heterocycles. The van der Waals surface area contributed by atoms with Gasteiger partial charge in [-0.05, 0) is 55.7 Å². The summed E-state index contributed by atoms with van der Waals surface area (Å²) in [6, 6.07) is 13.4. The predicted molar refractivity (Wildman–Crippen MR) is 137 cm³/mol. The monoisotopic (exact) mass is 571 g/mol. The molecular weight excluding hydrogens is 548 g/mol. The summed E-state index contributed by atoms with van der Waals surface area (Å²) >= 11 is 2.18. The highest BCUT2D eigenvalue weighted by atomic mass is 127. The Morgan fingerprint density at radius 2 is 1.94 bits per heavy atom. The van der Waals surface area contributed by atoms with Crippen molar-refractivity contribution in [1.82, 2.24) is 9.97 Å². The van der Waals surface area contributed by atoms with Crippen molar-refractivity contribution in [1.29, 1.82) is 0 Å². The fraction of sp³-hybridized carbons (Fsp3) is 0.280. The van der Waals surface area contributed by atoms with Gasteiger partial charge in [-0.15, -0.1) is 0 Å². The molecule has 0 saturated heterocycles. The van der Waals surface area contributed by atoms with E-state index >= 15 is 0 Å². The summed E-state index contributed by atoms with van der Waals surface area (Å²) in [5.41, 5.74) is 2.77. The van der Waals surface area contributed by atoms with Gasteiger partial charge in [-0.2, -0.15) is 0 Å². The standard InChI is InChI=1S/C25H23FIN5O2/c1-15(14-33)31(17-8-9-17)24-21(30(2)27)11-12-22(29-24)32-23(20-10-7-16(26)13-28-20)18-5-3-4-6-19(18)25(32)34/h3-7,10-15,17,23H,8-9H2,1-2H3. The highest BCUT2D eigenvalue weighted by Crippen LogP contribution is 2.44. The van der Waals surface area contributed by atoms with Crippen molar-refractivity contribution in [2.24, 2.45) is 0 Å². The molecule has 34 heavy (non-hydrogen) atoms. The first-order valence-corrected chi connectivity index (χ1v) is 12.0. The number of halogens is 2. The van der Waals surface area contributed by atoms with Gasteiger partial charge in [-0.25, -0.2) is 9.37 Å². The molecule has 3 heterocycles. The minimum atomic E-state index is -0.536. The quantitative estimate of drug-likeness (QED) is 0.233. The van der Waals surface area contributed by atoms with Crippen LogP contribution >= 0.6 is 22.9 Å². The number of pyridine rings is 2. The van der Waals surface area contributed by atoms with Gasteiger partial charge in [0.25, 0.3) is 5.91 Å². The lowest BCUT2D eigenvalue weighted by Crippen LogP contribution is -2.38. The Hall–Kier alpha value is -3.08. The summed E-state index contributed by atoms with van der Waals surface area (Å²) in [7, 11) is 1.92. The number of hydrogen-bond acceptors (Lipinski definition) is 6. The largest absolute Gasteiger partial charge is 0.342 e. The Kier molecular flexibility index (Phi) is 5.97. The third-order valence-electron chi connectivity index (χ3n) is 6.23. The highest BCUT2D eigenvalue weighted by molar-refractivity contribution is 14.1. The first kappa shape index (κ1) is 22.7. The van der Waals surface area contributed by atoms with Crippen LogP contribution < -0.4 is 12.9 Å². The molecule has 0 radical (unpaired) electrons. The molecule has 2 atom stereocenters. The topological polar surface area (TPSA) is 69.6 Å². The van der Waals surface area contributed by atoms with Gasteiger partial charge in [0.15, 0.2) is 5.82 Å². The molecule has 0 N–H and O–H groups in total. The van der Waals surface area contributed by atoms with E-state index in [4.69, 9.17) is 4.98 Å². The van der Waals surface area contributed by atoms with Gasteiger partial charge in [-0.3, -0.25) is 14.7 Å². The molecule has 174 valence electrons. The average Bonchev–Trinajstić information content (AvgIpc) is 3.63. The second-order valence-corrected chi connectivity index (χ2v) is 10.0. The molecule has 0 bridgehead atoms. The third kappa shape index (κ3) is 3.91. The zero-order valence-electron chi connectivity index (χ0n) is 18.7. The SMILES string of the molecule is CC(C=O)N(c1nc(N2C(=O)c3ccccc3C2c2ccc(F)cn2)ccc1N(C)I)C1CC1. The van der Waals surface area contributed by atoms with Crippen LogP contribution in [-0.4, -0.2) is 41.3 Å². The number of amides is 1. The number of benzene rings is 1. The van der Waals surface area contributed by atoms with Gasteiger partial charge >= 0.3 is 0 Å². The maximum atomic E-state index is 13.6. The molecule has 1 aliphatic carbocycles. The summed E-state index contributed by atoms with van der Waals surface area (Å²) in [6.45, 7) is 1.86. The molecule has 1 amide bonds. The van der Waals surface area contributed by atoms with Gasteiger partial charge in [0.05, 0.1) is 46.5 Å². The Morgan fingerprint density at radius 3 is 2.59 bits per heavy atom. The number of carbonyl (C=O) groups is 2. The first-order valence-electron chi connectivity index (χ1n) is 11.1. The molecule has 1 fully saturated rings. The minimum Gasteiger partial charge on any atom is -0.342 e. The average molecular weight is 571 g/mol. The maximum Gasteiger partial charge on any atom is 0.260 e. The summed E-state index contributed by atoms with van der Waals surface area (Å²) in [4.78, 5) is 38.2. The Labute approximate surface area is 211 Å². The molecule has 1 aliphatic heterocycles. The molecule has 3 aromatic rings. The van der Waals surface area contributed by atoms with Crippen LogP contribution in [0.5, 0.6) is 0 Å². The van der Waals surface area contributed by atoms with Crippen LogP contribution in [0.4, 0.5) is 21.7 Å². The van der Waals surface area contributed by atoms with E-state index in [1.165, 1.54) is 6.07 Å². The smallest absolute Gasteiger partial charge is 0.260 e. The van der Waals surface area contributed by atoms with Crippen LogP contribution in [0.25, 0.3) is 0 Å². The van der Waals surface area contributed by atoms with Crippen molar-refractivity contribution < 1.29 is 14.0 Å². The van der Waals surface area contributed by atoms with E-state index in [9.17, 15) is 14.0 Å². The van der Waals surface area contributed by atoms with Gasteiger partial charge < -0.3 is 12.8 Å². The minimum absolute atomic E-state index is 0.192. The van der Waals surface area contributed by atoms with Crippen LogP contribution in [-0.2, 0) is 4.79 Å². The number of nitrogens with zero attached hydrogens (tertiary/aromatic N) is 5. The van der Waals surface area contributed by atoms with Crippen molar-refractivity contribution >= 4 is 52.4 Å². The van der Waals surface area contributed by atoms with Crippen LogP contribution in [0.3, 0.4) is 0 Å². The number of rotatable bonds is 7. The molecule has 2 aliphatic rings. The van der Waals surface area contributed by atoms with E-state index in [2.05, 4.69) is 27.8 Å². The first-order chi connectivity index (χ1) is 16.4. The van der Waals surface area contributed by atoms with Crippen LogP contribution in [0.2, 0.25) is 0 Å². The molecule has 5 rings (SSSR count). The zero-order chi connectivity index (χ0) is 24.0. The van der Waals surface area contributed by atoms with E-state index in [0.29, 0.717) is 22.9 Å². The van der Waals surface area contributed by atoms with Crippen LogP contribution in [0.1, 0.15) is 47.4 Å². The van der Waals surface area contributed by atoms with Crippen molar-refractivity contribution in [3.63, 3.8) is 0 Å². The lowest BCUT2D eigenvalue weighted by molar-refractivity contribution is -0.108. The molecule has 1 aromatic carbocycles. The summed E-state index contributed by atoms with van der Waals surface area (Å²) in [6.07, 6.45) is 4.06. The van der Waals surface area contributed by atoms with Gasteiger partial charge in [0, 0.05) is 18.7 Å². The van der Waals surface area contributed by atoms with Gasteiger partial charge in [-0.1, -0.05) is 18.2 Å². The second-order valence-electron chi connectivity index (χ2n) is 8.57. The van der Waals surface area contributed by atoms with Gasteiger partial charge in [0.1, 0.15) is 24.0 Å². The maximum absolute atomic E-state index is 13.6. The molecule has 9 heteroatoms. The summed E-state index contributed by atoms with van der Waals surface area (Å²) < 4.78 is 15.6.